The Balaban J connectivity index is 0.617. The predicted octanol–water partition coefficient (Wildman–Crippen LogP) is 24.6. The third-order valence-electron chi connectivity index (χ3n) is 22.9. The minimum Gasteiger partial charge on any atom is -0.456 e. The summed E-state index contributed by atoms with van der Waals surface area (Å²) in [7, 11) is 0. The lowest BCUT2D eigenvalue weighted by Gasteiger charge is -2.25. The SMILES string of the molecule is c1ccc(-c2ccc(-n3c4ccccc4c4ccc5c6ccccc6n(C6=NC(c7ccc(-c8ccc(-c9ccc%10c(c9)c9ccc%11c%12ccccc%12n(C%12=NC(c%13ccc%14c(c%13)oc%13cccc(-c%15ccccc%15)c%13%14)=NC(c%13ccccc%13)N%12)c%11c9n%10-c9ccccc9)cc8)cc7)=NC(c7ccccc7)N6)c5c43)cc2)cc1. The average Bonchev–Trinajstić information content (AvgIpc) is 1.55. The second kappa shape index (κ2) is 25.7. The molecule has 0 aliphatic carbocycles. The lowest BCUT2D eigenvalue weighted by Crippen LogP contribution is -2.37. The number of amidine groups is 2. The van der Waals surface area contributed by atoms with Crippen LogP contribution in [0.3, 0.4) is 0 Å². The van der Waals surface area contributed by atoms with Gasteiger partial charge in [-0.25, -0.2) is 9.98 Å². The molecule has 7 heterocycles. The molecule has 0 saturated carbocycles. The molecule has 113 heavy (non-hydrogen) atoms. The number of furan rings is 1. The van der Waals surface area contributed by atoms with Gasteiger partial charge in [0.15, 0.2) is 11.7 Å². The lowest BCUT2D eigenvalue weighted by molar-refractivity contribution is 0.660. The number of para-hydroxylation sites is 4. The summed E-state index contributed by atoms with van der Waals surface area (Å²) in [6, 6.07) is 134. The van der Waals surface area contributed by atoms with Gasteiger partial charge < -0.3 is 24.2 Å². The molecule has 0 amide bonds. The van der Waals surface area contributed by atoms with Crippen molar-refractivity contribution in [2.24, 2.45) is 20.0 Å². The second-order valence-corrected chi connectivity index (χ2v) is 29.3. The molecule has 5 aromatic heterocycles. The molecule has 0 fully saturated rings. The Labute approximate surface area is 648 Å². The van der Waals surface area contributed by atoms with Gasteiger partial charge in [0, 0.05) is 76.4 Å². The number of rotatable bonds is 10. The van der Waals surface area contributed by atoms with E-state index < -0.39 is 12.3 Å². The Hall–Kier alpha value is -15.2. The number of nitrogens with zero attached hydrogens (tertiary/aromatic N) is 8. The van der Waals surface area contributed by atoms with Crippen molar-refractivity contribution in [3.63, 3.8) is 0 Å². The molecular formula is C102H66N10O. The van der Waals surface area contributed by atoms with Gasteiger partial charge in [-0.3, -0.25) is 9.13 Å². The molecule has 530 valence electrons. The smallest absolute Gasteiger partial charge is 0.212 e. The summed E-state index contributed by atoms with van der Waals surface area (Å²) in [6.45, 7) is 0. The summed E-state index contributed by atoms with van der Waals surface area (Å²) in [6.07, 6.45) is -0.895. The number of nitrogens with one attached hydrogen (secondary N) is 2. The molecule has 16 aromatic carbocycles. The van der Waals surface area contributed by atoms with Crippen molar-refractivity contribution < 1.29 is 4.42 Å². The monoisotopic (exact) mass is 1450 g/mol. The fourth-order valence-corrected chi connectivity index (χ4v) is 17.7. The minimum atomic E-state index is -0.463. The van der Waals surface area contributed by atoms with Gasteiger partial charge in [-0.2, -0.15) is 9.98 Å². The van der Waals surface area contributed by atoms with Crippen LogP contribution in [0.5, 0.6) is 0 Å². The molecule has 2 atom stereocenters. The van der Waals surface area contributed by atoms with Gasteiger partial charge in [-0.1, -0.05) is 303 Å². The Bertz CT molecular complexity index is 7560. The summed E-state index contributed by atoms with van der Waals surface area (Å²) in [5, 5.41) is 19.0. The van der Waals surface area contributed by atoms with E-state index in [0.29, 0.717) is 23.6 Å². The van der Waals surface area contributed by atoms with Crippen LogP contribution in [0.1, 0.15) is 34.6 Å². The van der Waals surface area contributed by atoms with Gasteiger partial charge in [0.25, 0.3) is 0 Å². The quantitative estimate of drug-likeness (QED) is 0.142. The first-order chi connectivity index (χ1) is 56.0. The van der Waals surface area contributed by atoms with E-state index in [1.165, 1.54) is 16.5 Å². The van der Waals surface area contributed by atoms with Crippen molar-refractivity contribution in [1.29, 1.82) is 0 Å². The van der Waals surface area contributed by atoms with Crippen molar-refractivity contribution in [3.05, 3.63) is 398 Å². The zero-order valence-electron chi connectivity index (χ0n) is 60.9. The Kier molecular flexibility index (Phi) is 14.5. The minimum absolute atomic E-state index is 0.431. The zero-order valence-corrected chi connectivity index (χ0v) is 60.9. The van der Waals surface area contributed by atoms with Crippen molar-refractivity contribution in [1.82, 2.24) is 28.9 Å². The van der Waals surface area contributed by atoms with Crippen LogP contribution in [0, 0.1) is 0 Å². The van der Waals surface area contributed by atoms with Gasteiger partial charge in [-0.05, 0) is 128 Å². The van der Waals surface area contributed by atoms with Crippen LogP contribution in [-0.2, 0) is 0 Å². The van der Waals surface area contributed by atoms with E-state index >= 15 is 0 Å². The van der Waals surface area contributed by atoms with Crippen LogP contribution in [0.25, 0.3) is 165 Å². The largest absolute Gasteiger partial charge is 0.456 e. The molecule has 2 unspecified atom stereocenters. The molecule has 2 N–H and O–H groups in total. The number of hydrogen-bond acceptors (Lipinski definition) is 7. The third-order valence-corrected chi connectivity index (χ3v) is 22.9. The predicted molar refractivity (Wildman–Crippen MR) is 466 cm³/mol. The van der Waals surface area contributed by atoms with Gasteiger partial charge in [0.2, 0.25) is 11.9 Å². The van der Waals surface area contributed by atoms with E-state index in [9.17, 15) is 0 Å². The highest BCUT2D eigenvalue weighted by molar-refractivity contribution is 6.29. The van der Waals surface area contributed by atoms with E-state index in [2.05, 4.69) is 399 Å². The molecule has 0 spiro atoms. The average molecular weight is 1450 g/mol. The van der Waals surface area contributed by atoms with Crippen LogP contribution in [0.15, 0.2) is 401 Å². The second-order valence-electron chi connectivity index (χ2n) is 29.3. The summed E-state index contributed by atoms with van der Waals surface area (Å²) >= 11 is 0. The molecule has 11 heteroatoms. The Morgan fingerprint density at radius 1 is 0.239 bits per heavy atom. The molecule has 11 nitrogen and oxygen atoms in total. The number of aromatic nitrogens is 4. The van der Waals surface area contributed by atoms with Crippen molar-refractivity contribution in [2.75, 3.05) is 0 Å². The van der Waals surface area contributed by atoms with Crippen molar-refractivity contribution in [3.8, 4) is 55.9 Å². The summed E-state index contributed by atoms with van der Waals surface area (Å²) in [5.74, 6) is 2.60. The summed E-state index contributed by atoms with van der Waals surface area (Å²) in [5.41, 5.74) is 25.2. The third kappa shape index (κ3) is 10.4. The number of aliphatic imine (C=N–C) groups is 4. The maximum atomic E-state index is 6.72. The van der Waals surface area contributed by atoms with Crippen LogP contribution >= 0.6 is 0 Å². The first-order valence-corrected chi connectivity index (χ1v) is 38.4. The highest BCUT2D eigenvalue weighted by Crippen LogP contribution is 2.46. The maximum absolute atomic E-state index is 6.72. The summed E-state index contributed by atoms with van der Waals surface area (Å²) < 4.78 is 16.3. The standard InChI is InChI=1S/C102H66N10O/c1-6-23-63(24-7-1)66-49-53-75(54-50-66)110-86-37-19-16-33-77(86)80-56-57-81-78-34-17-20-38-87(78)111(95(81)93(80)110)101-105-97(69-27-10-3-11-28-69)103-99(107-101)71-47-45-65(46-48-71)64-41-43-67(44-42-64)72-52-60-89-85(61-72)83-59-58-82-79-35-18-21-39-88(79)112(96(82)94(83)109(89)74-31-14-5-15-32-74)102-106-98(70-29-12-4-13-30-70)104-100(108-102)73-51-55-84-91(62-73)113-90-40-22-36-76(92(84)90)68-25-8-2-9-26-68/h1-62,97-98H,(H,103,105,107)(H,104,106,108). The van der Waals surface area contributed by atoms with Crippen LogP contribution in [-0.4, -0.2) is 41.9 Å². The maximum Gasteiger partial charge on any atom is 0.212 e. The first kappa shape index (κ1) is 63.9. The van der Waals surface area contributed by atoms with Crippen LogP contribution in [0.2, 0.25) is 0 Å². The number of fused-ring (bicyclic) bond motifs is 17. The molecule has 23 rings (SSSR count). The van der Waals surface area contributed by atoms with Gasteiger partial charge in [0.1, 0.15) is 23.5 Å². The highest BCUT2D eigenvalue weighted by Gasteiger charge is 2.31. The fraction of sp³-hybridized carbons (Fsp3) is 0.0196. The molecule has 2 aliphatic rings. The van der Waals surface area contributed by atoms with E-state index in [4.69, 9.17) is 24.4 Å². The van der Waals surface area contributed by atoms with Gasteiger partial charge in [-0.15, -0.1) is 0 Å². The lowest BCUT2D eigenvalue weighted by atomic mass is 9.98. The van der Waals surface area contributed by atoms with Crippen LogP contribution in [0.4, 0.5) is 0 Å². The normalized spacial score (nSPS) is 14.5. The van der Waals surface area contributed by atoms with Crippen molar-refractivity contribution in [2.45, 2.75) is 12.3 Å². The molecule has 2 aliphatic heterocycles. The molecule has 0 bridgehead atoms. The van der Waals surface area contributed by atoms with Crippen molar-refractivity contribution >= 4 is 133 Å². The van der Waals surface area contributed by atoms with E-state index in [0.717, 1.165) is 171 Å². The number of benzene rings is 16. The Morgan fingerprint density at radius 2 is 0.611 bits per heavy atom. The van der Waals surface area contributed by atoms with E-state index in [1.54, 1.807) is 0 Å². The number of hydrogen-bond donors (Lipinski definition) is 2. The molecule has 0 saturated heterocycles. The zero-order chi connectivity index (χ0) is 74.2. The highest BCUT2D eigenvalue weighted by atomic mass is 16.3. The topological polar surface area (TPSA) is 106 Å². The molecule has 21 aromatic rings. The van der Waals surface area contributed by atoms with E-state index in [1.807, 2.05) is 6.07 Å². The fourth-order valence-electron chi connectivity index (χ4n) is 17.7. The van der Waals surface area contributed by atoms with Gasteiger partial charge >= 0.3 is 0 Å². The molecule has 0 radical (unpaired) electrons. The van der Waals surface area contributed by atoms with E-state index in [-0.39, 0.29) is 0 Å². The van der Waals surface area contributed by atoms with Crippen LogP contribution < -0.4 is 10.6 Å². The first-order valence-electron chi connectivity index (χ1n) is 38.4. The molecular weight excluding hydrogens is 1380 g/mol. The Morgan fingerprint density at radius 3 is 1.14 bits per heavy atom. The van der Waals surface area contributed by atoms with Gasteiger partial charge in [0.05, 0.1) is 44.1 Å². The summed E-state index contributed by atoms with van der Waals surface area (Å²) in [4.78, 5) is 22.0.